The average Bonchev–Trinajstić information content (AvgIpc) is 2.42. The number of nitrogens with zero attached hydrogens (tertiary/aromatic N) is 1. The van der Waals surface area contributed by atoms with Gasteiger partial charge in [-0.3, -0.25) is 0 Å². The van der Waals surface area contributed by atoms with E-state index in [0.717, 1.165) is 18.8 Å². The Kier molecular flexibility index (Phi) is 4.77. The lowest BCUT2D eigenvalue weighted by atomic mass is 9.87. The summed E-state index contributed by atoms with van der Waals surface area (Å²) in [6, 6.07) is 3.94. The van der Waals surface area contributed by atoms with Gasteiger partial charge in [0.1, 0.15) is 11.4 Å². The number of esters is 1. The van der Waals surface area contributed by atoms with E-state index in [2.05, 4.69) is 17.2 Å². The van der Waals surface area contributed by atoms with Crippen LogP contribution in [0.3, 0.4) is 0 Å². The highest BCUT2D eigenvalue weighted by atomic mass is 16.5. The van der Waals surface area contributed by atoms with E-state index in [4.69, 9.17) is 4.74 Å². The highest BCUT2D eigenvalue weighted by molar-refractivity contribution is 5.94. The van der Waals surface area contributed by atoms with E-state index in [-0.39, 0.29) is 5.97 Å². The fourth-order valence-corrected chi connectivity index (χ4v) is 2.49. The summed E-state index contributed by atoms with van der Waals surface area (Å²) < 4.78 is 5.06. The number of anilines is 1. The van der Waals surface area contributed by atoms with Crippen LogP contribution in [-0.4, -0.2) is 23.6 Å². The van der Waals surface area contributed by atoms with Gasteiger partial charge in [-0.05, 0) is 50.7 Å². The summed E-state index contributed by atoms with van der Waals surface area (Å²) in [5, 5.41) is 3.40. The summed E-state index contributed by atoms with van der Waals surface area (Å²) >= 11 is 0. The van der Waals surface area contributed by atoms with Gasteiger partial charge in [-0.1, -0.05) is 6.92 Å². The molecule has 1 aliphatic rings. The molecule has 4 heteroatoms. The number of pyridine rings is 1. The fourth-order valence-electron chi connectivity index (χ4n) is 2.49. The first-order valence-electron chi connectivity index (χ1n) is 7.09. The first kappa shape index (κ1) is 13.8. The zero-order chi connectivity index (χ0) is 13.7. The Morgan fingerprint density at radius 2 is 2.16 bits per heavy atom. The first-order valence-corrected chi connectivity index (χ1v) is 7.09. The summed E-state index contributed by atoms with van der Waals surface area (Å²) in [4.78, 5) is 16.1. The molecule has 1 aromatic rings. The Balaban J connectivity index is 2.05. The van der Waals surface area contributed by atoms with E-state index in [1.54, 1.807) is 18.3 Å². The number of nitrogens with one attached hydrogen (secondary N) is 1. The second-order valence-electron chi connectivity index (χ2n) is 5.22. The number of carbonyl (C=O) groups is 1. The summed E-state index contributed by atoms with van der Waals surface area (Å²) in [5.74, 6) is 1.16. The quantitative estimate of drug-likeness (QED) is 0.846. The largest absolute Gasteiger partial charge is 0.462 e. The monoisotopic (exact) mass is 262 g/mol. The minimum atomic E-state index is -0.303. The molecule has 1 fully saturated rings. The topological polar surface area (TPSA) is 51.2 Å². The zero-order valence-corrected chi connectivity index (χ0v) is 11.7. The molecular formula is C15H22N2O2. The third-order valence-corrected chi connectivity index (χ3v) is 3.66. The third-order valence-electron chi connectivity index (χ3n) is 3.66. The molecule has 0 aromatic carbocycles. The second kappa shape index (κ2) is 6.55. The average molecular weight is 262 g/mol. The van der Waals surface area contributed by atoms with Crippen molar-refractivity contribution in [1.82, 2.24) is 4.98 Å². The molecule has 0 atom stereocenters. The van der Waals surface area contributed by atoms with E-state index in [1.165, 1.54) is 12.8 Å². The number of carbonyl (C=O) groups excluding carboxylic acids is 1. The molecule has 0 spiro atoms. The molecule has 0 radical (unpaired) electrons. The van der Waals surface area contributed by atoms with Crippen molar-refractivity contribution >= 4 is 11.8 Å². The van der Waals surface area contributed by atoms with Gasteiger partial charge in [0, 0.05) is 12.2 Å². The Hall–Kier alpha value is -1.58. The zero-order valence-electron chi connectivity index (χ0n) is 11.7. The van der Waals surface area contributed by atoms with Crippen molar-refractivity contribution in [3.63, 3.8) is 0 Å². The molecule has 0 saturated heterocycles. The Labute approximate surface area is 114 Å². The molecule has 2 rings (SSSR count). The van der Waals surface area contributed by atoms with Crippen molar-refractivity contribution in [3.8, 4) is 0 Å². The normalized spacial score (nSPS) is 22.8. The van der Waals surface area contributed by atoms with E-state index in [1.807, 2.05) is 6.92 Å². The summed E-state index contributed by atoms with van der Waals surface area (Å²) in [6.07, 6.45) is 6.45. The molecule has 0 unspecified atom stereocenters. The van der Waals surface area contributed by atoms with Crippen molar-refractivity contribution in [2.45, 2.75) is 45.6 Å². The van der Waals surface area contributed by atoms with Crippen molar-refractivity contribution < 1.29 is 9.53 Å². The number of hydrogen-bond donors (Lipinski definition) is 1. The molecule has 4 nitrogen and oxygen atoms in total. The summed E-state index contributed by atoms with van der Waals surface area (Å²) in [6.45, 7) is 4.49. The lowest BCUT2D eigenvalue weighted by Gasteiger charge is -2.27. The maximum absolute atomic E-state index is 11.9. The van der Waals surface area contributed by atoms with Crippen LogP contribution < -0.4 is 5.32 Å². The number of ether oxygens (including phenoxy) is 1. The van der Waals surface area contributed by atoms with Crippen LogP contribution in [0.1, 0.15) is 49.9 Å². The molecule has 1 aromatic heterocycles. The number of hydrogen-bond acceptors (Lipinski definition) is 4. The molecule has 104 valence electrons. The molecular weight excluding hydrogens is 240 g/mol. The Morgan fingerprint density at radius 1 is 1.42 bits per heavy atom. The first-order chi connectivity index (χ1) is 9.20. The van der Waals surface area contributed by atoms with Crippen molar-refractivity contribution in [3.05, 3.63) is 23.9 Å². The smallest absolute Gasteiger partial charge is 0.341 e. The van der Waals surface area contributed by atoms with Gasteiger partial charge >= 0.3 is 5.97 Å². The summed E-state index contributed by atoms with van der Waals surface area (Å²) in [7, 11) is 0. The molecule has 0 bridgehead atoms. The standard InChI is InChI=1S/C15H22N2O2/c1-3-19-15(18)13-5-4-10-16-14(13)17-12-8-6-11(2)7-9-12/h4-5,10-12H,3,6-9H2,1-2H3,(H,16,17). The number of aromatic nitrogens is 1. The van der Waals surface area contributed by atoms with Crippen molar-refractivity contribution in [1.29, 1.82) is 0 Å². The molecule has 1 N–H and O–H groups in total. The lowest BCUT2D eigenvalue weighted by molar-refractivity contribution is 0.0527. The van der Waals surface area contributed by atoms with Crippen LogP contribution in [0.5, 0.6) is 0 Å². The van der Waals surface area contributed by atoms with Gasteiger partial charge in [0.05, 0.1) is 6.61 Å². The lowest BCUT2D eigenvalue weighted by Crippen LogP contribution is -2.26. The Morgan fingerprint density at radius 3 is 2.84 bits per heavy atom. The molecule has 0 amide bonds. The predicted molar refractivity (Wildman–Crippen MR) is 75.2 cm³/mol. The molecule has 1 heterocycles. The van der Waals surface area contributed by atoms with E-state index in [0.29, 0.717) is 24.0 Å². The van der Waals surface area contributed by atoms with Gasteiger partial charge in [0.25, 0.3) is 0 Å². The Bertz CT molecular complexity index is 426. The van der Waals surface area contributed by atoms with E-state index >= 15 is 0 Å². The van der Waals surface area contributed by atoms with Crippen LogP contribution in [0.25, 0.3) is 0 Å². The van der Waals surface area contributed by atoms with E-state index in [9.17, 15) is 4.79 Å². The van der Waals surface area contributed by atoms with Gasteiger partial charge in [0.15, 0.2) is 0 Å². The van der Waals surface area contributed by atoms with Crippen molar-refractivity contribution in [2.75, 3.05) is 11.9 Å². The van der Waals surface area contributed by atoms with Crippen molar-refractivity contribution in [2.24, 2.45) is 5.92 Å². The molecule has 0 aliphatic heterocycles. The molecule has 1 aliphatic carbocycles. The third kappa shape index (κ3) is 3.69. The van der Waals surface area contributed by atoms with Gasteiger partial charge in [-0.15, -0.1) is 0 Å². The molecule has 1 saturated carbocycles. The van der Waals surface area contributed by atoms with Gasteiger partial charge in [-0.2, -0.15) is 0 Å². The number of rotatable bonds is 4. The van der Waals surface area contributed by atoms with Crippen LogP contribution in [0.4, 0.5) is 5.82 Å². The highest BCUT2D eigenvalue weighted by Gasteiger charge is 2.21. The van der Waals surface area contributed by atoms with Crippen LogP contribution >= 0.6 is 0 Å². The van der Waals surface area contributed by atoms with Gasteiger partial charge in [0.2, 0.25) is 0 Å². The minimum Gasteiger partial charge on any atom is -0.462 e. The van der Waals surface area contributed by atoms with Crippen LogP contribution in [0, 0.1) is 5.92 Å². The highest BCUT2D eigenvalue weighted by Crippen LogP contribution is 2.26. The predicted octanol–water partition coefficient (Wildman–Crippen LogP) is 3.25. The van der Waals surface area contributed by atoms with Gasteiger partial charge in [-0.25, -0.2) is 9.78 Å². The fraction of sp³-hybridized carbons (Fsp3) is 0.600. The van der Waals surface area contributed by atoms with Gasteiger partial charge < -0.3 is 10.1 Å². The van der Waals surface area contributed by atoms with Crippen LogP contribution in [0.2, 0.25) is 0 Å². The second-order valence-corrected chi connectivity index (χ2v) is 5.22. The van der Waals surface area contributed by atoms with Crippen LogP contribution in [-0.2, 0) is 4.74 Å². The SMILES string of the molecule is CCOC(=O)c1cccnc1NC1CCC(C)CC1. The van der Waals surface area contributed by atoms with E-state index < -0.39 is 0 Å². The maximum Gasteiger partial charge on any atom is 0.341 e. The minimum absolute atomic E-state index is 0.303. The maximum atomic E-state index is 11.9. The molecule has 19 heavy (non-hydrogen) atoms. The summed E-state index contributed by atoms with van der Waals surface area (Å²) in [5.41, 5.74) is 0.531. The van der Waals surface area contributed by atoms with Crippen LogP contribution in [0.15, 0.2) is 18.3 Å².